The van der Waals surface area contributed by atoms with Gasteiger partial charge in [0.2, 0.25) is 0 Å². The molecule has 1 unspecified atom stereocenters. The first-order chi connectivity index (χ1) is 5.33. The highest BCUT2D eigenvalue weighted by Crippen LogP contribution is 2.06. The molecule has 2 heteroatoms. The van der Waals surface area contributed by atoms with Gasteiger partial charge >= 0.3 is 0 Å². The molecule has 0 heterocycles. The first-order valence-electron chi connectivity index (χ1n) is 4.78. The Kier molecular flexibility index (Phi) is 4.80. The van der Waals surface area contributed by atoms with Crippen molar-refractivity contribution in [2.75, 3.05) is 6.54 Å². The zero-order valence-corrected chi connectivity index (χ0v) is 9.02. The van der Waals surface area contributed by atoms with E-state index in [0.29, 0.717) is 12.0 Å². The summed E-state index contributed by atoms with van der Waals surface area (Å²) in [5.41, 5.74) is -0.538. The topological polar surface area (TPSA) is 32.3 Å². The Hall–Kier alpha value is -0.0800. The van der Waals surface area contributed by atoms with E-state index >= 15 is 0 Å². The minimum atomic E-state index is -0.538. The summed E-state index contributed by atoms with van der Waals surface area (Å²) in [7, 11) is 0. The van der Waals surface area contributed by atoms with E-state index in [1.807, 2.05) is 13.8 Å². The average molecular weight is 173 g/mol. The highest BCUT2D eigenvalue weighted by Gasteiger charge is 2.12. The molecular weight excluding hydrogens is 150 g/mol. The molecule has 0 radical (unpaired) electrons. The molecule has 0 fully saturated rings. The number of hydrogen-bond acceptors (Lipinski definition) is 2. The molecule has 0 aliphatic carbocycles. The predicted octanol–water partition coefficient (Wildman–Crippen LogP) is 1.78. The van der Waals surface area contributed by atoms with Crippen LogP contribution >= 0.6 is 0 Å². The second-order valence-corrected chi connectivity index (χ2v) is 4.55. The molecule has 1 atom stereocenters. The van der Waals surface area contributed by atoms with Crippen molar-refractivity contribution in [3.63, 3.8) is 0 Å². The van der Waals surface area contributed by atoms with Gasteiger partial charge in [-0.3, -0.25) is 0 Å². The molecule has 0 aromatic carbocycles. The average Bonchev–Trinajstić information content (AvgIpc) is 1.84. The lowest BCUT2D eigenvalue weighted by Gasteiger charge is -2.21. The standard InChI is InChI=1S/C10H23NO/c1-8(2)9(3)11-7-6-10(4,5)12/h8-9,11-12H,6-7H2,1-5H3. The molecule has 2 nitrogen and oxygen atoms in total. The van der Waals surface area contributed by atoms with Crippen LogP contribution in [0.25, 0.3) is 0 Å². The Morgan fingerprint density at radius 3 is 2.08 bits per heavy atom. The maximum Gasteiger partial charge on any atom is 0.0603 e. The van der Waals surface area contributed by atoms with Crippen molar-refractivity contribution < 1.29 is 5.11 Å². The minimum absolute atomic E-state index is 0.535. The van der Waals surface area contributed by atoms with Gasteiger partial charge in [0.15, 0.2) is 0 Å². The first kappa shape index (κ1) is 11.9. The van der Waals surface area contributed by atoms with E-state index < -0.39 is 5.60 Å². The second kappa shape index (κ2) is 4.83. The van der Waals surface area contributed by atoms with Crippen molar-refractivity contribution in [3.8, 4) is 0 Å². The SMILES string of the molecule is CC(C)C(C)NCCC(C)(C)O. The van der Waals surface area contributed by atoms with Gasteiger partial charge < -0.3 is 10.4 Å². The molecule has 0 spiro atoms. The van der Waals surface area contributed by atoms with Crippen LogP contribution in [0.5, 0.6) is 0 Å². The molecule has 0 aromatic heterocycles. The molecule has 74 valence electrons. The molecule has 2 N–H and O–H groups in total. The normalized spacial score (nSPS) is 15.2. The van der Waals surface area contributed by atoms with Crippen LogP contribution in [0.1, 0.15) is 41.0 Å². The smallest absolute Gasteiger partial charge is 0.0603 e. The van der Waals surface area contributed by atoms with Gasteiger partial charge in [-0.1, -0.05) is 13.8 Å². The Labute approximate surface area is 76.4 Å². The fraction of sp³-hybridized carbons (Fsp3) is 1.00. The zero-order valence-electron chi connectivity index (χ0n) is 9.02. The summed E-state index contributed by atoms with van der Waals surface area (Å²) in [4.78, 5) is 0. The summed E-state index contributed by atoms with van der Waals surface area (Å²) >= 11 is 0. The molecule has 0 saturated heterocycles. The number of nitrogens with one attached hydrogen (secondary N) is 1. The van der Waals surface area contributed by atoms with Gasteiger partial charge in [-0.25, -0.2) is 0 Å². The van der Waals surface area contributed by atoms with Crippen LogP contribution in [-0.2, 0) is 0 Å². The summed E-state index contributed by atoms with van der Waals surface area (Å²) in [6.45, 7) is 11.1. The van der Waals surface area contributed by atoms with Crippen LogP contribution in [0.15, 0.2) is 0 Å². The summed E-state index contributed by atoms with van der Waals surface area (Å²) in [5.74, 6) is 0.659. The number of aliphatic hydroxyl groups is 1. The molecule has 0 bridgehead atoms. The van der Waals surface area contributed by atoms with E-state index in [-0.39, 0.29) is 0 Å². The summed E-state index contributed by atoms with van der Waals surface area (Å²) in [5, 5.41) is 12.8. The highest BCUT2D eigenvalue weighted by atomic mass is 16.3. The molecule has 12 heavy (non-hydrogen) atoms. The van der Waals surface area contributed by atoms with E-state index in [1.54, 1.807) is 0 Å². The molecule has 0 saturated carbocycles. The summed E-state index contributed by atoms with van der Waals surface area (Å²) in [6, 6.07) is 0.535. The highest BCUT2D eigenvalue weighted by molar-refractivity contribution is 4.70. The molecular formula is C10H23NO. The number of hydrogen-bond donors (Lipinski definition) is 2. The van der Waals surface area contributed by atoms with Gasteiger partial charge in [0.25, 0.3) is 0 Å². The van der Waals surface area contributed by atoms with Crippen LogP contribution in [0.4, 0.5) is 0 Å². The third-order valence-corrected chi connectivity index (χ3v) is 2.20. The van der Waals surface area contributed by atoms with Crippen molar-refractivity contribution in [2.24, 2.45) is 5.92 Å². The molecule has 0 aromatic rings. The molecule has 0 aliphatic rings. The lowest BCUT2D eigenvalue weighted by Crippen LogP contribution is -2.35. The van der Waals surface area contributed by atoms with Crippen LogP contribution in [0.2, 0.25) is 0 Å². The monoisotopic (exact) mass is 173 g/mol. The lowest BCUT2D eigenvalue weighted by molar-refractivity contribution is 0.0700. The molecule has 0 aliphatic heterocycles. The van der Waals surface area contributed by atoms with Crippen molar-refractivity contribution >= 4 is 0 Å². The van der Waals surface area contributed by atoms with Crippen molar-refractivity contribution in [1.29, 1.82) is 0 Å². The lowest BCUT2D eigenvalue weighted by atomic mass is 10.0. The van der Waals surface area contributed by atoms with Gasteiger partial charge in [-0.2, -0.15) is 0 Å². The third kappa shape index (κ3) is 6.62. The van der Waals surface area contributed by atoms with E-state index in [9.17, 15) is 5.11 Å². The van der Waals surface area contributed by atoms with Crippen molar-refractivity contribution in [2.45, 2.75) is 52.7 Å². The maximum absolute atomic E-state index is 9.43. The Bertz CT molecular complexity index is 115. The predicted molar refractivity (Wildman–Crippen MR) is 53.2 cm³/mol. The fourth-order valence-electron chi connectivity index (χ4n) is 0.841. The largest absolute Gasteiger partial charge is 0.390 e. The zero-order chi connectivity index (χ0) is 9.78. The first-order valence-corrected chi connectivity index (χ1v) is 4.78. The van der Waals surface area contributed by atoms with Crippen LogP contribution in [0, 0.1) is 5.92 Å². The molecule has 0 amide bonds. The van der Waals surface area contributed by atoms with Gasteiger partial charge in [0.1, 0.15) is 0 Å². The number of rotatable bonds is 5. The van der Waals surface area contributed by atoms with E-state index in [0.717, 1.165) is 13.0 Å². The van der Waals surface area contributed by atoms with Gasteiger partial charge in [-0.05, 0) is 39.7 Å². The van der Waals surface area contributed by atoms with Crippen molar-refractivity contribution in [1.82, 2.24) is 5.32 Å². The van der Waals surface area contributed by atoms with Crippen LogP contribution in [0.3, 0.4) is 0 Å². The second-order valence-electron chi connectivity index (χ2n) is 4.55. The minimum Gasteiger partial charge on any atom is -0.390 e. The van der Waals surface area contributed by atoms with Crippen LogP contribution in [-0.4, -0.2) is 23.3 Å². The summed E-state index contributed by atoms with van der Waals surface area (Å²) in [6.07, 6.45) is 0.810. The van der Waals surface area contributed by atoms with E-state index in [4.69, 9.17) is 0 Å². The Morgan fingerprint density at radius 2 is 1.75 bits per heavy atom. The Balaban J connectivity index is 3.44. The quantitative estimate of drug-likeness (QED) is 0.664. The van der Waals surface area contributed by atoms with Gasteiger partial charge in [-0.15, -0.1) is 0 Å². The van der Waals surface area contributed by atoms with E-state index in [2.05, 4.69) is 26.1 Å². The Morgan fingerprint density at radius 1 is 1.25 bits per heavy atom. The van der Waals surface area contributed by atoms with Crippen LogP contribution < -0.4 is 5.32 Å². The maximum atomic E-state index is 9.43. The van der Waals surface area contributed by atoms with E-state index in [1.165, 1.54) is 0 Å². The summed E-state index contributed by atoms with van der Waals surface area (Å²) < 4.78 is 0. The van der Waals surface area contributed by atoms with Gasteiger partial charge in [0.05, 0.1) is 5.60 Å². The fourth-order valence-corrected chi connectivity index (χ4v) is 0.841. The van der Waals surface area contributed by atoms with Gasteiger partial charge in [0, 0.05) is 6.04 Å². The molecule has 0 rings (SSSR count). The van der Waals surface area contributed by atoms with Crippen molar-refractivity contribution in [3.05, 3.63) is 0 Å². The third-order valence-electron chi connectivity index (χ3n) is 2.20.